The van der Waals surface area contributed by atoms with Crippen molar-refractivity contribution in [3.63, 3.8) is 0 Å². The van der Waals surface area contributed by atoms with Gasteiger partial charge in [0.15, 0.2) is 21.8 Å². The molecule has 0 aliphatic carbocycles. The van der Waals surface area contributed by atoms with E-state index in [0.29, 0.717) is 140 Å². The van der Waals surface area contributed by atoms with Gasteiger partial charge in [-0.2, -0.15) is 0 Å². The first-order valence-corrected chi connectivity index (χ1v) is 43.0. The maximum atomic E-state index is 12.7. The van der Waals surface area contributed by atoms with Gasteiger partial charge in [0.2, 0.25) is 0 Å². The maximum absolute atomic E-state index is 12.7. The minimum atomic E-state index is -4.15. The third-order valence-electron chi connectivity index (χ3n) is 14.1. The van der Waals surface area contributed by atoms with E-state index in [4.69, 9.17) is 95.8 Å². The molecule has 0 spiro atoms. The van der Waals surface area contributed by atoms with Crippen LogP contribution in [0.4, 0.5) is 11.6 Å². The van der Waals surface area contributed by atoms with Gasteiger partial charge < -0.3 is 85.3 Å². The molecule has 0 fully saturated rings. The Hall–Kier alpha value is -4.94. The van der Waals surface area contributed by atoms with Crippen LogP contribution in [0.5, 0.6) is 0 Å². The van der Waals surface area contributed by atoms with Crippen LogP contribution in [0, 0.1) is 0 Å². The van der Waals surface area contributed by atoms with Gasteiger partial charge >= 0.3 is 54.3 Å². The predicted molar refractivity (Wildman–Crippen MR) is 401 cm³/mol. The summed E-state index contributed by atoms with van der Waals surface area (Å²) < 4.78 is 106. The number of rotatable bonds is 47. The Morgan fingerprint density at radius 1 is 0.457 bits per heavy atom. The molecule has 2 unspecified atom stereocenters. The quantitative estimate of drug-likeness (QED) is 0.00696. The first-order chi connectivity index (χ1) is 50.1. The van der Waals surface area contributed by atoms with Crippen LogP contribution in [0.3, 0.4) is 0 Å². The first kappa shape index (κ1) is 96.1. The van der Waals surface area contributed by atoms with E-state index < -0.39 is 47.4 Å². The van der Waals surface area contributed by atoms with Crippen molar-refractivity contribution >= 4 is 125 Å². The number of ether oxygens (including phenoxy) is 4. The number of alkyl halides is 2. The topological polar surface area (TPSA) is 431 Å². The highest BCUT2D eigenvalue weighted by molar-refractivity contribution is 7.54. The summed E-state index contributed by atoms with van der Waals surface area (Å²) in [6, 6.07) is 0. The Morgan fingerprint density at radius 2 is 0.771 bits per heavy atom. The molecule has 4 aromatic rings. The van der Waals surface area contributed by atoms with Crippen molar-refractivity contribution in [3.8, 4) is 0 Å². The number of aliphatic hydroxyl groups excluding tert-OH is 1. The van der Waals surface area contributed by atoms with E-state index in [-0.39, 0.29) is 107 Å². The molecule has 6 rings (SSSR count). The number of carbonyl (C=O) groups excluding carboxylic acids is 4. The van der Waals surface area contributed by atoms with E-state index in [2.05, 4.69) is 45.5 Å². The van der Waals surface area contributed by atoms with Crippen LogP contribution in [-0.4, -0.2) is 286 Å². The van der Waals surface area contributed by atoms with E-state index in [9.17, 15) is 37.4 Å². The van der Waals surface area contributed by atoms with Gasteiger partial charge in [-0.15, -0.1) is 0 Å². The summed E-state index contributed by atoms with van der Waals surface area (Å²) in [5.41, 5.74) is 1.31. The second-order valence-electron chi connectivity index (χ2n) is 21.6. The van der Waals surface area contributed by atoms with Crippen molar-refractivity contribution in [2.24, 2.45) is 9.98 Å². The average Bonchev–Trinajstić information content (AvgIpc) is 1.69. The number of nitrogens with one attached hydrogen (secondary N) is 2. The van der Waals surface area contributed by atoms with Gasteiger partial charge in [0.05, 0.1) is 155 Å². The zero-order chi connectivity index (χ0) is 78.4. The SMILES string of the molecule is CC.CCOC(=O)CN(CCO)CCP(=O)(OCC)OCC.CCOC(=O)CN(CCn1cnc2c(Cl)ncnc21)CCP(=O)(OCC)OCC.CCOC(=O)CN(CCn1cnc2c1NC=NC2Cl)CCP(=O)(O)O.CCOC(=O)CN(CCn1cnc2c1NC=NC2Cl)CCP(=O)(OCC)OCC. The molecule has 0 radical (unpaired) electrons. The lowest BCUT2D eigenvalue weighted by atomic mass is 10.4. The van der Waals surface area contributed by atoms with Gasteiger partial charge in [0.25, 0.3) is 0 Å². The van der Waals surface area contributed by atoms with E-state index in [1.807, 2.05) is 37.3 Å². The van der Waals surface area contributed by atoms with Crippen LogP contribution in [0.15, 0.2) is 35.3 Å². The zero-order valence-corrected chi connectivity index (χ0v) is 68.1. The molecule has 2 aliphatic heterocycles. The fraction of sp³-hybridized carbons (Fsp3) is 0.721. The van der Waals surface area contributed by atoms with Crippen LogP contribution < -0.4 is 10.6 Å². The van der Waals surface area contributed by atoms with Crippen molar-refractivity contribution < 1.29 is 98.4 Å². The number of hydrogen-bond acceptors (Lipinski definition) is 32. The summed E-state index contributed by atoms with van der Waals surface area (Å²) in [5.74, 6) is -0.0214. The van der Waals surface area contributed by atoms with Crippen LogP contribution in [0.2, 0.25) is 5.15 Å². The highest BCUT2D eigenvalue weighted by Gasteiger charge is 2.30. The highest BCUT2D eigenvalue weighted by Crippen LogP contribution is 2.49. The van der Waals surface area contributed by atoms with Gasteiger partial charge in [-0.05, 0) is 69.2 Å². The number of imidazole rings is 3. The number of hydrogen-bond donors (Lipinski definition) is 5. The lowest BCUT2D eigenvalue weighted by molar-refractivity contribution is -0.145. The van der Waals surface area contributed by atoms with Crippen molar-refractivity contribution in [3.05, 3.63) is 41.9 Å². The Kier molecular flexibility index (Phi) is 48.5. The molecule has 37 nitrogen and oxygen atoms in total. The number of fused-ring (bicyclic) bond motifs is 3. The summed E-state index contributed by atoms with van der Waals surface area (Å²) in [6.45, 7) is 28.7. The van der Waals surface area contributed by atoms with E-state index in [1.54, 1.807) is 98.0 Å². The normalized spacial score (nSPS) is 14.0. The molecule has 0 bridgehead atoms. The van der Waals surface area contributed by atoms with Crippen LogP contribution in [-0.2, 0) is 103 Å². The van der Waals surface area contributed by atoms with Gasteiger partial charge in [0, 0.05) is 72.0 Å². The number of aromatic nitrogens is 8. The van der Waals surface area contributed by atoms with Crippen molar-refractivity contribution in [2.45, 2.75) is 114 Å². The van der Waals surface area contributed by atoms with Gasteiger partial charge in [-0.3, -0.25) is 57.0 Å². The summed E-state index contributed by atoms with van der Waals surface area (Å²) in [5, 5.41) is 15.3. The third-order valence-corrected chi connectivity index (χ3v) is 22.0. The molecule has 0 aromatic carbocycles. The molecule has 2 atom stereocenters. The van der Waals surface area contributed by atoms with Crippen LogP contribution >= 0.6 is 65.2 Å². The summed E-state index contributed by atoms with van der Waals surface area (Å²) in [4.78, 5) is 101. The standard InChI is InChI=1S/C17H29ClN5O5P.C17H27ClN5O5P.C13H21ClN5O5P.C12H26NO6P.C2H6/c2*1-4-26-14(24)11-22(9-10-29(25,27-5-2)28-6-3)7-8-23-13-21-15-16(18)19-12-20-17(15)23;1-2-24-10(20)7-18(5-6-25(21,22)23)3-4-19-9-17-11-12(14)15-8-16-13(11)19;1-4-17-12(15)11-13(7-9-14)8-10-20(16,18-5-2)19-6-3;1-2/h12-13,16H,4-11H2,1-3H3,(H,19,20);12-13H,4-11H2,1-3H3;8-9,12H,2-7H2,1H3,(H,15,16)(H2,21,22,23);14H,4-11H2,1-3H3;1-2H3. The zero-order valence-electron chi connectivity index (χ0n) is 62.2. The number of carbonyl (C=O) groups is 4. The lowest BCUT2D eigenvalue weighted by Crippen LogP contribution is -2.36. The molecular formula is C61H109Cl3N16O21P4. The van der Waals surface area contributed by atoms with E-state index >= 15 is 0 Å². The minimum Gasteiger partial charge on any atom is -0.465 e. The Morgan fingerprint density at radius 3 is 1.09 bits per heavy atom. The molecule has 44 heteroatoms. The Labute approximate surface area is 630 Å². The molecule has 0 amide bonds. The summed E-state index contributed by atoms with van der Waals surface area (Å²) >= 11 is 18.2. The molecule has 0 saturated heterocycles. The fourth-order valence-corrected chi connectivity index (χ4v) is 15.6. The monoisotopic (exact) mass is 1630 g/mol. The smallest absolute Gasteiger partial charge is 0.331 e. The average molecular weight is 1630 g/mol. The first-order valence-electron chi connectivity index (χ1n) is 34.7. The Balaban J connectivity index is 0.000000476. The van der Waals surface area contributed by atoms with E-state index in [0.717, 1.165) is 5.82 Å². The highest BCUT2D eigenvalue weighted by atomic mass is 35.5. The Bertz CT molecular complexity index is 3400. The number of anilines is 2. The molecular weight excluding hydrogens is 1520 g/mol. The molecule has 5 N–H and O–H groups in total. The predicted octanol–water partition coefficient (Wildman–Crippen LogP) is 8.07. The number of esters is 4. The van der Waals surface area contributed by atoms with Gasteiger partial charge in [-0.1, -0.05) is 48.7 Å². The van der Waals surface area contributed by atoms with Crippen molar-refractivity contribution in [2.75, 3.05) is 186 Å². The van der Waals surface area contributed by atoms with Crippen LogP contribution in [0.1, 0.15) is 105 Å². The van der Waals surface area contributed by atoms with Crippen molar-refractivity contribution in [1.29, 1.82) is 0 Å². The number of aliphatic hydroxyl groups is 1. The van der Waals surface area contributed by atoms with Crippen molar-refractivity contribution in [1.82, 2.24) is 58.2 Å². The van der Waals surface area contributed by atoms with Gasteiger partial charge in [0.1, 0.15) is 34.9 Å². The second-order valence-corrected chi connectivity index (χ2v) is 31.1. The van der Waals surface area contributed by atoms with Crippen LogP contribution in [0.25, 0.3) is 11.2 Å². The largest absolute Gasteiger partial charge is 0.465 e. The number of aliphatic imine (C=N–C) groups is 2. The lowest BCUT2D eigenvalue weighted by Gasteiger charge is -2.24. The number of nitrogens with zero attached hydrogens (tertiary/aromatic N) is 14. The molecule has 6 heterocycles. The molecule has 4 aromatic heterocycles. The minimum absolute atomic E-state index is 0.0439. The van der Waals surface area contributed by atoms with E-state index in [1.165, 1.54) is 19.0 Å². The fourth-order valence-electron chi connectivity index (χ4n) is 9.55. The second kappa shape index (κ2) is 53.0. The third kappa shape index (κ3) is 37.4. The maximum Gasteiger partial charge on any atom is 0.331 e. The molecule has 2 aliphatic rings. The number of halogens is 3. The van der Waals surface area contributed by atoms with Gasteiger partial charge in [-0.25, -0.2) is 34.9 Å². The molecule has 600 valence electrons. The summed E-state index contributed by atoms with van der Waals surface area (Å²) in [6.07, 6.45) is 9.51. The summed E-state index contributed by atoms with van der Waals surface area (Å²) in [7, 11) is -13.7. The molecule has 0 saturated carbocycles. The molecule has 105 heavy (non-hydrogen) atoms.